The highest BCUT2D eigenvalue weighted by atomic mass is 19.3. The molecule has 194 valence electrons. The maximum absolute atomic E-state index is 12.9. The number of aliphatic carboxylic acids is 1. The third kappa shape index (κ3) is 13.3. The van der Waals surface area contributed by atoms with Crippen LogP contribution in [0.5, 0.6) is 5.75 Å². The summed E-state index contributed by atoms with van der Waals surface area (Å²) in [6.45, 7) is 4.24. The Morgan fingerprint density at radius 1 is 1.12 bits per heavy atom. The minimum atomic E-state index is -2.79. The van der Waals surface area contributed by atoms with E-state index in [9.17, 15) is 23.5 Å². The number of methoxy groups -OCH3 is 1. The molecule has 0 saturated heterocycles. The van der Waals surface area contributed by atoms with E-state index in [2.05, 4.69) is 5.32 Å². The van der Waals surface area contributed by atoms with E-state index >= 15 is 0 Å². The van der Waals surface area contributed by atoms with Crippen LogP contribution < -0.4 is 10.1 Å². The standard InChI is InChI=1S/C23H36F2N2O7/c1-4-33-20(21(28)29)17-18-5-7-19(8-6-18)34-16-12-27(22(30)26-10-14-31-3)11-15-32-13-9-23(2,24)25/h5-8,20H,4,9-17H2,1-3H3,(H,26,30)(H,28,29). The van der Waals surface area contributed by atoms with Crippen LogP contribution in [0.15, 0.2) is 24.3 Å². The van der Waals surface area contributed by atoms with Gasteiger partial charge in [0.25, 0.3) is 0 Å². The minimum Gasteiger partial charge on any atom is -0.492 e. The Hall–Kier alpha value is -2.50. The van der Waals surface area contributed by atoms with Crippen molar-refractivity contribution in [1.29, 1.82) is 0 Å². The van der Waals surface area contributed by atoms with Gasteiger partial charge in [0.15, 0.2) is 6.10 Å². The van der Waals surface area contributed by atoms with Crippen molar-refractivity contribution in [3.05, 3.63) is 29.8 Å². The second-order valence-corrected chi connectivity index (χ2v) is 7.62. The number of rotatable bonds is 18. The topological polar surface area (TPSA) is 107 Å². The number of hydrogen-bond acceptors (Lipinski definition) is 6. The highest BCUT2D eigenvalue weighted by molar-refractivity contribution is 5.74. The number of amides is 2. The summed E-state index contributed by atoms with van der Waals surface area (Å²) in [5, 5.41) is 11.9. The minimum absolute atomic E-state index is 0.0997. The molecule has 1 unspecified atom stereocenters. The molecule has 2 N–H and O–H groups in total. The van der Waals surface area contributed by atoms with E-state index in [1.54, 1.807) is 31.2 Å². The fourth-order valence-electron chi connectivity index (χ4n) is 2.84. The number of carboxylic acids is 1. The molecule has 0 fully saturated rings. The summed E-state index contributed by atoms with van der Waals surface area (Å²) in [7, 11) is 1.53. The maximum Gasteiger partial charge on any atom is 0.333 e. The summed E-state index contributed by atoms with van der Waals surface area (Å²) < 4.78 is 46.8. The zero-order valence-corrected chi connectivity index (χ0v) is 20.1. The molecule has 0 spiro atoms. The molecule has 0 aromatic heterocycles. The predicted molar refractivity (Wildman–Crippen MR) is 122 cm³/mol. The number of urea groups is 1. The molecule has 9 nitrogen and oxygen atoms in total. The van der Waals surface area contributed by atoms with E-state index in [1.807, 2.05) is 0 Å². The Morgan fingerprint density at radius 2 is 1.79 bits per heavy atom. The van der Waals surface area contributed by atoms with Gasteiger partial charge in [0, 0.05) is 39.6 Å². The first-order valence-electron chi connectivity index (χ1n) is 11.2. The molecule has 0 radical (unpaired) electrons. The summed E-state index contributed by atoms with van der Waals surface area (Å²) in [4.78, 5) is 25.1. The normalized spacial score (nSPS) is 12.3. The van der Waals surface area contributed by atoms with Gasteiger partial charge in [-0.25, -0.2) is 18.4 Å². The average Bonchev–Trinajstić information content (AvgIpc) is 2.77. The zero-order valence-electron chi connectivity index (χ0n) is 20.1. The van der Waals surface area contributed by atoms with Crippen LogP contribution in [-0.4, -0.2) is 93.8 Å². The van der Waals surface area contributed by atoms with E-state index in [-0.39, 0.29) is 51.8 Å². The lowest BCUT2D eigenvalue weighted by Crippen LogP contribution is -2.44. The molecule has 2 amide bonds. The molecule has 1 atom stereocenters. The third-order valence-corrected chi connectivity index (χ3v) is 4.68. The summed E-state index contributed by atoms with van der Waals surface area (Å²) in [5.41, 5.74) is 0.794. The molecule has 0 aliphatic rings. The molecular weight excluding hydrogens is 454 g/mol. The molecule has 34 heavy (non-hydrogen) atoms. The summed E-state index contributed by atoms with van der Waals surface area (Å²) >= 11 is 0. The number of nitrogens with zero attached hydrogens (tertiary/aromatic N) is 1. The van der Waals surface area contributed by atoms with Crippen LogP contribution in [0.3, 0.4) is 0 Å². The Labute approximate surface area is 199 Å². The fraction of sp³-hybridized carbons (Fsp3) is 0.652. The SMILES string of the molecule is CCOC(Cc1ccc(OCCN(CCOCCC(C)(F)F)C(=O)NCCOC)cc1)C(=O)O. The number of carbonyl (C=O) groups excluding carboxylic acids is 1. The van der Waals surface area contributed by atoms with Gasteiger partial charge < -0.3 is 34.3 Å². The van der Waals surface area contributed by atoms with Crippen molar-refractivity contribution in [2.75, 3.05) is 59.8 Å². The molecule has 0 bridgehead atoms. The smallest absolute Gasteiger partial charge is 0.333 e. The second kappa shape index (κ2) is 16.2. The molecule has 0 aliphatic carbocycles. The van der Waals surface area contributed by atoms with Crippen molar-refractivity contribution < 1.29 is 42.4 Å². The summed E-state index contributed by atoms with van der Waals surface area (Å²) in [5.74, 6) is -3.25. The van der Waals surface area contributed by atoms with Crippen molar-refractivity contribution in [1.82, 2.24) is 10.2 Å². The number of carbonyl (C=O) groups is 2. The Morgan fingerprint density at radius 3 is 2.38 bits per heavy atom. The molecule has 11 heteroatoms. The predicted octanol–water partition coefficient (Wildman–Crippen LogP) is 2.82. The Bertz CT molecular complexity index is 714. The van der Waals surface area contributed by atoms with Crippen LogP contribution in [0, 0.1) is 0 Å². The van der Waals surface area contributed by atoms with Gasteiger partial charge >= 0.3 is 12.0 Å². The van der Waals surface area contributed by atoms with E-state index in [0.29, 0.717) is 25.5 Å². The van der Waals surface area contributed by atoms with Gasteiger partial charge in [0.1, 0.15) is 12.4 Å². The van der Waals surface area contributed by atoms with Gasteiger partial charge in [0.05, 0.1) is 26.4 Å². The van der Waals surface area contributed by atoms with Gasteiger partial charge in [-0.1, -0.05) is 12.1 Å². The lowest BCUT2D eigenvalue weighted by atomic mass is 10.1. The average molecular weight is 491 g/mol. The van der Waals surface area contributed by atoms with Crippen molar-refractivity contribution in [3.63, 3.8) is 0 Å². The lowest BCUT2D eigenvalue weighted by Gasteiger charge is -2.23. The third-order valence-electron chi connectivity index (χ3n) is 4.68. The number of halogens is 2. The summed E-state index contributed by atoms with van der Waals surface area (Å²) in [6.07, 6.45) is -1.06. The van der Waals surface area contributed by atoms with Crippen LogP contribution in [0.1, 0.15) is 25.8 Å². The van der Waals surface area contributed by atoms with Gasteiger partial charge in [-0.15, -0.1) is 0 Å². The van der Waals surface area contributed by atoms with E-state index in [4.69, 9.17) is 18.9 Å². The van der Waals surface area contributed by atoms with Crippen LogP contribution in [-0.2, 0) is 25.4 Å². The zero-order chi connectivity index (χ0) is 25.4. The van der Waals surface area contributed by atoms with Crippen molar-refractivity contribution >= 4 is 12.0 Å². The molecule has 0 saturated carbocycles. The number of nitrogens with one attached hydrogen (secondary N) is 1. The van der Waals surface area contributed by atoms with E-state index in [1.165, 1.54) is 12.0 Å². The molecular formula is C23H36F2N2O7. The number of alkyl halides is 2. The number of ether oxygens (including phenoxy) is 4. The van der Waals surface area contributed by atoms with Crippen molar-refractivity contribution in [2.24, 2.45) is 0 Å². The number of hydrogen-bond donors (Lipinski definition) is 2. The van der Waals surface area contributed by atoms with E-state index < -0.39 is 18.0 Å². The van der Waals surface area contributed by atoms with E-state index in [0.717, 1.165) is 12.5 Å². The van der Waals surface area contributed by atoms with Gasteiger partial charge in [-0.3, -0.25) is 0 Å². The molecule has 1 rings (SSSR count). The Balaban J connectivity index is 2.53. The Kier molecular flexibility index (Phi) is 14.1. The summed E-state index contributed by atoms with van der Waals surface area (Å²) in [6, 6.07) is 6.62. The number of benzene rings is 1. The van der Waals surface area contributed by atoms with Crippen LogP contribution in [0.4, 0.5) is 13.6 Å². The first kappa shape index (κ1) is 29.5. The highest BCUT2D eigenvalue weighted by Crippen LogP contribution is 2.16. The van der Waals surface area contributed by atoms with Crippen LogP contribution in [0.2, 0.25) is 0 Å². The molecule has 0 heterocycles. The van der Waals surface area contributed by atoms with Crippen LogP contribution in [0.25, 0.3) is 0 Å². The van der Waals surface area contributed by atoms with Crippen LogP contribution >= 0.6 is 0 Å². The molecule has 1 aromatic carbocycles. The lowest BCUT2D eigenvalue weighted by molar-refractivity contribution is -0.149. The van der Waals surface area contributed by atoms with Crippen molar-refractivity contribution in [3.8, 4) is 5.75 Å². The monoisotopic (exact) mass is 490 g/mol. The maximum atomic E-state index is 12.9. The first-order chi connectivity index (χ1) is 16.2. The molecule has 1 aromatic rings. The molecule has 0 aliphatic heterocycles. The second-order valence-electron chi connectivity index (χ2n) is 7.62. The largest absolute Gasteiger partial charge is 0.492 e. The van der Waals surface area contributed by atoms with Gasteiger partial charge in [-0.05, 0) is 31.5 Å². The van der Waals surface area contributed by atoms with Gasteiger partial charge in [-0.2, -0.15) is 0 Å². The quantitative estimate of drug-likeness (QED) is 0.305. The number of carboxylic acid groups (broad SMARTS) is 1. The fourth-order valence-corrected chi connectivity index (χ4v) is 2.84. The highest BCUT2D eigenvalue weighted by Gasteiger charge is 2.21. The van der Waals surface area contributed by atoms with Crippen molar-refractivity contribution in [2.45, 2.75) is 38.7 Å². The van der Waals surface area contributed by atoms with Gasteiger partial charge in [0.2, 0.25) is 5.92 Å². The first-order valence-corrected chi connectivity index (χ1v) is 11.2.